The normalized spacial score (nSPS) is 17.9. The second kappa shape index (κ2) is 6.00. The summed E-state index contributed by atoms with van der Waals surface area (Å²) >= 11 is 3.45. The molecule has 0 saturated carbocycles. The first kappa shape index (κ1) is 13.1. The lowest BCUT2D eigenvalue weighted by molar-refractivity contribution is 0.123. The van der Waals surface area contributed by atoms with Crippen LogP contribution in [0, 0.1) is 0 Å². The Morgan fingerprint density at radius 2 is 1.79 bits per heavy atom. The number of thiophene rings is 1. The summed E-state index contributed by atoms with van der Waals surface area (Å²) in [6.45, 7) is 6.63. The molecule has 1 fully saturated rings. The van der Waals surface area contributed by atoms with E-state index in [-0.39, 0.29) is 0 Å². The molecular weight excluding hydrogens is 276 g/mol. The van der Waals surface area contributed by atoms with E-state index in [1.54, 1.807) is 11.3 Å². The molecular formula is C13H18N4S2. The van der Waals surface area contributed by atoms with Gasteiger partial charge >= 0.3 is 0 Å². The van der Waals surface area contributed by atoms with Crippen molar-refractivity contribution in [2.75, 3.05) is 31.9 Å². The highest BCUT2D eigenvalue weighted by atomic mass is 32.1. The third-order valence-electron chi connectivity index (χ3n) is 3.38. The van der Waals surface area contributed by atoms with Crippen LogP contribution in [0.25, 0.3) is 0 Å². The number of nitrogen functional groups attached to an aromatic ring is 1. The van der Waals surface area contributed by atoms with Crippen LogP contribution in [0.3, 0.4) is 0 Å². The fourth-order valence-corrected chi connectivity index (χ4v) is 3.82. The molecule has 0 amide bonds. The molecule has 1 saturated heterocycles. The minimum atomic E-state index is 0.673. The van der Waals surface area contributed by atoms with E-state index in [2.05, 4.69) is 32.3 Å². The van der Waals surface area contributed by atoms with E-state index in [4.69, 9.17) is 5.73 Å². The molecule has 1 aliphatic heterocycles. The van der Waals surface area contributed by atoms with E-state index < -0.39 is 0 Å². The number of piperazine rings is 1. The van der Waals surface area contributed by atoms with E-state index in [0.717, 1.165) is 39.3 Å². The maximum absolute atomic E-state index is 5.66. The lowest BCUT2D eigenvalue weighted by Gasteiger charge is -2.34. The SMILES string of the molecule is Nc1ncc(CN2CCN(Cc3cccs3)CC2)s1. The summed E-state index contributed by atoms with van der Waals surface area (Å²) in [5, 5.41) is 2.83. The van der Waals surface area contributed by atoms with Gasteiger partial charge in [0, 0.05) is 55.2 Å². The van der Waals surface area contributed by atoms with Gasteiger partial charge in [-0.25, -0.2) is 4.98 Å². The lowest BCUT2D eigenvalue weighted by atomic mass is 10.3. The van der Waals surface area contributed by atoms with Gasteiger partial charge in [0.1, 0.15) is 0 Å². The molecule has 0 aliphatic carbocycles. The van der Waals surface area contributed by atoms with E-state index in [9.17, 15) is 0 Å². The van der Waals surface area contributed by atoms with Crippen molar-refractivity contribution in [2.24, 2.45) is 0 Å². The van der Waals surface area contributed by atoms with Crippen molar-refractivity contribution in [3.8, 4) is 0 Å². The van der Waals surface area contributed by atoms with Crippen LogP contribution in [-0.4, -0.2) is 41.0 Å². The smallest absolute Gasteiger partial charge is 0.180 e. The van der Waals surface area contributed by atoms with Gasteiger partial charge in [-0.15, -0.1) is 22.7 Å². The Hall–Kier alpha value is -0.950. The predicted octanol–water partition coefficient (Wildman–Crippen LogP) is 2.10. The van der Waals surface area contributed by atoms with Gasteiger partial charge < -0.3 is 5.73 Å². The summed E-state index contributed by atoms with van der Waals surface area (Å²) in [6, 6.07) is 4.35. The van der Waals surface area contributed by atoms with Crippen LogP contribution in [0.15, 0.2) is 23.7 Å². The molecule has 1 aliphatic rings. The molecule has 2 aromatic rings. The largest absolute Gasteiger partial charge is 0.375 e. The van der Waals surface area contributed by atoms with Crippen molar-refractivity contribution >= 4 is 27.8 Å². The highest BCUT2D eigenvalue weighted by molar-refractivity contribution is 7.15. The topological polar surface area (TPSA) is 45.4 Å². The van der Waals surface area contributed by atoms with Crippen LogP contribution in [-0.2, 0) is 13.1 Å². The van der Waals surface area contributed by atoms with Crippen LogP contribution in [0.1, 0.15) is 9.75 Å². The van der Waals surface area contributed by atoms with E-state index in [0.29, 0.717) is 5.13 Å². The molecule has 0 atom stereocenters. The standard InChI is InChI=1S/C13H18N4S2/c14-13-15-8-12(19-13)10-17-5-3-16(4-6-17)9-11-2-1-7-18-11/h1-2,7-8H,3-6,9-10H2,(H2,14,15). The Labute approximate surface area is 121 Å². The Bertz CT molecular complexity index is 500. The maximum atomic E-state index is 5.66. The lowest BCUT2D eigenvalue weighted by Crippen LogP contribution is -2.45. The molecule has 3 heterocycles. The number of nitrogens with zero attached hydrogens (tertiary/aromatic N) is 3. The predicted molar refractivity (Wildman–Crippen MR) is 81.4 cm³/mol. The molecule has 19 heavy (non-hydrogen) atoms. The van der Waals surface area contributed by atoms with Crippen LogP contribution in [0.2, 0.25) is 0 Å². The molecule has 0 bridgehead atoms. The van der Waals surface area contributed by atoms with Crippen molar-refractivity contribution in [2.45, 2.75) is 13.1 Å². The summed E-state index contributed by atoms with van der Waals surface area (Å²) < 4.78 is 0. The van der Waals surface area contributed by atoms with Crippen LogP contribution in [0.5, 0.6) is 0 Å². The van der Waals surface area contributed by atoms with Crippen molar-refractivity contribution in [3.05, 3.63) is 33.5 Å². The first-order valence-corrected chi connectivity index (χ1v) is 8.16. The van der Waals surface area contributed by atoms with Gasteiger partial charge in [-0.1, -0.05) is 6.07 Å². The highest BCUT2D eigenvalue weighted by Crippen LogP contribution is 2.18. The summed E-state index contributed by atoms with van der Waals surface area (Å²) in [5.41, 5.74) is 5.66. The monoisotopic (exact) mass is 294 g/mol. The number of hydrogen-bond donors (Lipinski definition) is 1. The summed E-state index contributed by atoms with van der Waals surface area (Å²) in [7, 11) is 0. The molecule has 2 aromatic heterocycles. The quantitative estimate of drug-likeness (QED) is 0.938. The van der Waals surface area contributed by atoms with Gasteiger partial charge in [0.15, 0.2) is 5.13 Å². The molecule has 0 radical (unpaired) electrons. The first-order valence-electron chi connectivity index (χ1n) is 6.47. The van der Waals surface area contributed by atoms with Crippen molar-refractivity contribution < 1.29 is 0 Å². The van der Waals surface area contributed by atoms with Crippen LogP contribution in [0.4, 0.5) is 5.13 Å². The Morgan fingerprint density at radius 3 is 2.32 bits per heavy atom. The molecule has 0 unspecified atom stereocenters. The van der Waals surface area contributed by atoms with Gasteiger partial charge in [-0.05, 0) is 11.4 Å². The Kier molecular flexibility index (Phi) is 4.12. The van der Waals surface area contributed by atoms with Gasteiger partial charge in [0.05, 0.1) is 0 Å². The van der Waals surface area contributed by atoms with E-state index in [1.165, 1.54) is 9.75 Å². The third-order valence-corrected chi connectivity index (χ3v) is 5.05. The maximum Gasteiger partial charge on any atom is 0.180 e. The van der Waals surface area contributed by atoms with Crippen LogP contribution < -0.4 is 5.73 Å². The number of hydrogen-bond acceptors (Lipinski definition) is 6. The fraction of sp³-hybridized carbons (Fsp3) is 0.462. The number of anilines is 1. The second-order valence-electron chi connectivity index (χ2n) is 4.80. The first-order chi connectivity index (χ1) is 9.29. The average Bonchev–Trinajstić information content (AvgIpc) is 3.04. The summed E-state index contributed by atoms with van der Waals surface area (Å²) in [6.07, 6.45) is 1.90. The molecule has 0 aromatic carbocycles. The van der Waals surface area contributed by atoms with Gasteiger partial charge in [0.2, 0.25) is 0 Å². The van der Waals surface area contributed by atoms with Crippen molar-refractivity contribution in [3.63, 3.8) is 0 Å². The van der Waals surface area contributed by atoms with E-state index in [1.807, 2.05) is 17.5 Å². The van der Waals surface area contributed by atoms with Crippen molar-refractivity contribution in [1.82, 2.24) is 14.8 Å². The number of thiazole rings is 1. The number of rotatable bonds is 4. The highest BCUT2D eigenvalue weighted by Gasteiger charge is 2.17. The zero-order valence-electron chi connectivity index (χ0n) is 10.8. The molecule has 102 valence electrons. The summed E-state index contributed by atoms with van der Waals surface area (Å²) in [4.78, 5) is 11.9. The van der Waals surface area contributed by atoms with Crippen molar-refractivity contribution in [1.29, 1.82) is 0 Å². The minimum Gasteiger partial charge on any atom is -0.375 e. The molecule has 2 N–H and O–H groups in total. The van der Waals surface area contributed by atoms with Gasteiger partial charge in [-0.3, -0.25) is 9.80 Å². The molecule has 3 rings (SSSR count). The fourth-order valence-electron chi connectivity index (χ4n) is 2.34. The number of nitrogens with two attached hydrogens (primary N) is 1. The van der Waals surface area contributed by atoms with E-state index >= 15 is 0 Å². The zero-order chi connectivity index (χ0) is 13.1. The molecule has 0 spiro atoms. The third kappa shape index (κ3) is 3.54. The van der Waals surface area contributed by atoms with Crippen LogP contribution >= 0.6 is 22.7 Å². The zero-order valence-corrected chi connectivity index (χ0v) is 12.4. The Balaban J connectivity index is 1.46. The van der Waals surface area contributed by atoms with Gasteiger partial charge in [0.25, 0.3) is 0 Å². The average molecular weight is 294 g/mol. The second-order valence-corrected chi connectivity index (χ2v) is 6.98. The molecule has 4 nitrogen and oxygen atoms in total. The van der Waals surface area contributed by atoms with Gasteiger partial charge in [-0.2, -0.15) is 0 Å². The molecule has 6 heteroatoms. The Morgan fingerprint density at radius 1 is 1.11 bits per heavy atom. The summed E-state index contributed by atoms with van der Waals surface area (Å²) in [5.74, 6) is 0. The minimum absolute atomic E-state index is 0.673. The number of aromatic nitrogens is 1.